The lowest BCUT2D eigenvalue weighted by Gasteiger charge is -2.11. The summed E-state index contributed by atoms with van der Waals surface area (Å²) in [5.41, 5.74) is 4.82. The molecule has 1 aromatic carbocycles. The van der Waals surface area contributed by atoms with E-state index >= 15 is 0 Å². The summed E-state index contributed by atoms with van der Waals surface area (Å²) < 4.78 is 4.96. The molecule has 116 valence electrons. The Kier molecular flexibility index (Phi) is 4.65. The summed E-state index contributed by atoms with van der Waals surface area (Å²) in [6.07, 6.45) is 1.78. The lowest BCUT2D eigenvalue weighted by Crippen LogP contribution is -2.25. The van der Waals surface area contributed by atoms with Gasteiger partial charge in [0.05, 0.1) is 5.56 Å². The maximum atomic E-state index is 11.9. The normalized spacial score (nSPS) is 10.5. The highest BCUT2D eigenvalue weighted by Crippen LogP contribution is 2.16. The minimum atomic E-state index is -1.12. The van der Waals surface area contributed by atoms with Gasteiger partial charge in [-0.15, -0.1) is 0 Å². The maximum absolute atomic E-state index is 11.9. The lowest BCUT2D eigenvalue weighted by atomic mass is 9.97. The number of hydrogen-bond acceptors (Lipinski definition) is 3. The number of aromatic carboxylic acids is 1. The number of carbonyl (C=O) groups excluding carboxylic acids is 1. The number of nitrogens with one attached hydrogen (secondary N) is 1. The average Bonchev–Trinajstić information content (AvgIpc) is 2.91. The van der Waals surface area contributed by atoms with Gasteiger partial charge in [0.2, 0.25) is 0 Å². The first-order valence-corrected chi connectivity index (χ1v) is 7.05. The Morgan fingerprint density at radius 1 is 1.14 bits per heavy atom. The molecular weight excluding hydrogens is 282 g/mol. The molecule has 0 bridgehead atoms. The molecule has 0 aliphatic carbocycles. The van der Waals surface area contributed by atoms with Gasteiger partial charge in [0.1, 0.15) is 6.26 Å². The Balaban J connectivity index is 1.96. The van der Waals surface area contributed by atoms with Crippen LogP contribution in [0.4, 0.5) is 0 Å². The zero-order valence-corrected chi connectivity index (χ0v) is 12.9. The largest absolute Gasteiger partial charge is 0.478 e. The molecule has 0 unspecified atom stereocenters. The fraction of sp³-hybridized carbons (Fsp3) is 0.294. The predicted molar refractivity (Wildman–Crippen MR) is 82.4 cm³/mol. The summed E-state index contributed by atoms with van der Waals surface area (Å²) in [6, 6.07) is 5.46. The zero-order chi connectivity index (χ0) is 16.3. The highest BCUT2D eigenvalue weighted by molar-refractivity contribution is 5.95. The van der Waals surface area contributed by atoms with Crippen molar-refractivity contribution >= 4 is 11.9 Å². The van der Waals surface area contributed by atoms with Crippen LogP contribution in [0.5, 0.6) is 0 Å². The van der Waals surface area contributed by atoms with E-state index in [0.717, 1.165) is 12.7 Å². The van der Waals surface area contributed by atoms with Crippen LogP contribution in [-0.4, -0.2) is 23.5 Å². The molecule has 0 radical (unpaired) electrons. The molecule has 1 amide bonds. The summed E-state index contributed by atoms with van der Waals surface area (Å²) in [7, 11) is 0. The van der Waals surface area contributed by atoms with E-state index in [2.05, 4.69) is 38.2 Å². The monoisotopic (exact) mass is 301 g/mol. The van der Waals surface area contributed by atoms with Crippen LogP contribution in [0.25, 0.3) is 0 Å². The molecule has 22 heavy (non-hydrogen) atoms. The van der Waals surface area contributed by atoms with Crippen molar-refractivity contribution in [1.29, 1.82) is 0 Å². The molecule has 0 fully saturated rings. The molecule has 2 rings (SSSR count). The number of aryl methyl sites for hydroxylation is 3. The Hall–Kier alpha value is -2.56. The van der Waals surface area contributed by atoms with Crippen molar-refractivity contribution in [3.05, 3.63) is 58.0 Å². The molecule has 5 nitrogen and oxygen atoms in total. The van der Waals surface area contributed by atoms with E-state index in [9.17, 15) is 9.59 Å². The van der Waals surface area contributed by atoms with Gasteiger partial charge in [-0.3, -0.25) is 4.79 Å². The van der Waals surface area contributed by atoms with Crippen molar-refractivity contribution in [3.8, 4) is 0 Å². The van der Waals surface area contributed by atoms with Crippen molar-refractivity contribution in [3.63, 3.8) is 0 Å². The van der Waals surface area contributed by atoms with Crippen LogP contribution in [0.1, 0.15) is 43.2 Å². The minimum Gasteiger partial charge on any atom is -0.478 e. The fourth-order valence-corrected chi connectivity index (χ4v) is 2.56. The maximum Gasteiger partial charge on any atom is 0.338 e. The van der Waals surface area contributed by atoms with Gasteiger partial charge in [0.25, 0.3) is 5.91 Å². The lowest BCUT2D eigenvalue weighted by molar-refractivity contribution is 0.0696. The molecule has 0 aliphatic heterocycles. The van der Waals surface area contributed by atoms with Crippen molar-refractivity contribution < 1.29 is 19.1 Å². The van der Waals surface area contributed by atoms with E-state index < -0.39 is 11.9 Å². The molecular formula is C17H19NO4. The number of hydrogen-bond donors (Lipinski definition) is 2. The third-order valence-corrected chi connectivity index (χ3v) is 3.57. The quantitative estimate of drug-likeness (QED) is 0.890. The summed E-state index contributed by atoms with van der Waals surface area (Å²) in [5, 5.41) is 11.5. The van der Waals surface area contributed by atoms with E-state index in [1.165, 1.54) is 28.3 Å². The molecule has 0 aliphatic rings. The molecule has 0 atom stereocenters. The van der Waals surface area contributed by atoms with Crippen LogP contribution in [0.15, 0.2) is 28.9 Å². The smallest absolute Gasteiger partial charge is 0.338 e. The number of carboxylic acids is 1. The predicted octanol–water partition coefficient (Wildman–Crippen LogP) is 2.88. The molecule has 2 aromatic rings. The summed E-state index contributed by atoms with van der Waals surface area (Å²) in [4.78, 5) is 22.6. The van der Waals surface area contributed by atoms with Gasteiger partial charge in [-0.2, -0.15) is 0 Å². The summed E-state index contributed by atoms with van der Waals surface area (Å²) in [5.74, 6) is -1.52. The van der Waals surface area contributed by atoms with E-state index in [-0.39, 0.29) is 11.3 Å². The van der Waals surface area contributed by atoms with E-state index in [1.54, 1.807) is 0 Å². The van der Waals surface area contributed by atoms with Gasteiger partial charge in [-0.25, -0.2) is 4.79 Å². The number of furan rings is 1. The third-order valence-electron chi connectivity index (χ3n) is 3.57. The Morgan fingerprint density at radius 2 is 1.77 bits per heavy atom. The highest BCUT2D eigenvalue weighted by Gasteiger charge is 2.14. The molecule has 1 heterocycles. The minimum absolute atomic E-state index is 0.00903. The van der Waals surface area contributed by atoms with Crippen LogP contribution in [0, 0.1) is 20.8 Å². The fourth-order valence-electron chi connectivity index (χ4n) is 2.56. The van der Waals surface area contributed by atoms with Gasteiger partial charge >= 0.3 is 5.97 Å². The standard InChI is InChI=1S/C17H19NO4/c1-10-6-11(2)14(12(3)7-10)4-5-18-16(19)15-8-13(9-22-15)17(20)21/h6-9H,4-5H2,1-3H3,(H,18,19)(H,20,21). The molecule has 1 aromatic heterocycles. The van der Waals surface area contributed by atoms with E-state index in [4.69, 9.17) is 9.52 Å². The van der Waals surface area contributed by atoms with Crippen LogP contribution < -0.4 is 5.32 Å². The molecule has 5 heteroatoms. The first-order valence-electron chi connectivity index (χ1n) is 7.05. The molecule has 2 N–H and O–H groups in total. The van der Waals surface area contributed by atoms with E-state index in [0.29, 0.717) is 6.54 Å². The number of carboxylic acid groups (broad SMARTS) is 1. The van der Waals surface area contributed by atoms with Crippen LogP contribution in [0.2, 0.25) is 0 Å². The van der Waals surface area contributed by atoms with Gasteiger partial charge in [-0.1, -0.05) is 17.7 Å². The van der Waals surface area contributed by atoms with Gasteiger partial charge in [0, 0.05) is 12.6 Å². The second-order valence-electron chi connectivity index (χ2n) is 5.39. The Labute approximate surface area is 129 Å². The van der Waals surface area contributed by atoms with Gasteiger partial charge in [0.15, 0.2) is 5.76 Å². The van der Waals surface area contributed by atoms with Crippen LogP contribution in [-0.2, 0) is 6.42 Å². The number of amides is 1. The SMILES string of the molecule is Cc1cc(C)c(CCNC(=O)c2cc(C(=O)O)co2)c(C)c1. The summed E-state index contributed by atoms with van der Waals surface area (Å²) in [6.45, 7) is 6.64. The van der Waals surface area contributed by atoms with Crippen molar-refractivity contribution in [2.45, 2.75) is 27.2 Å². The first kappa shape index (κ1) is 15.8. The van der Waals surface area contributed by atoms with Crippen molar-refractivity contribution in [2.75, 3.05) is 6.54 Å². The molecule has 0 saturated carbocycles. The second kappa shape index (κ2) is 6.47. The van der Waals surface area contributed by atoms with Crippen molar-refractivity contribution in [2.24, 2.45) is 0 Å². The van der Waals surface area contributed by atoms with Gasteiger partial charge < -0.3 is 14.8 Å². The van der Waals surface area contributed by atoms with Crippen molar-refractivity contribution in [1.82, 2.24) is 5.32 Å². The Bertz CT molecular complexity index is 692. The van der Waals surface area contributed by atoms with E-state index in [1.807, 2.05) is 0 Å². The molecule has 0 spiro atoms. The third kappa shape index (κ3) is 3.55. The van der Waals surface area contributed by atoms with Gasteiger partial charge in [-0.05, 0) is 43.9 Å². The number of carbonyl (C=O) groups is 2. The average molecular weight is 301 g/mol. The highest BCUT2D eigenvalue weighted by atomic mass is 16.4. The van der Waals surface area contributed by atoms with Crippen LogP contribution in [0.3, 0.4) is 0 Å². The molecule has 0 saturated heterocycles. The number of rotatable bonds is 5. The number of benzene rings is 1. The first-order chi connectivity index (χ1) is 10.4. The second-order valence-corrected chi connectivity index (χ2v) is 5.39. The Morgan fingerprint density at radius 3 is 2.32 bits per heavy atom. The summed E-state index contributed by atoms with van der Waals surface area (Å²) >= 11 is 0. The van der Waals surface area contributed by atoms with Crippen LogP contribution >= 0.6 is 0 Å². The zero-order valence-electron chi connectivity index (χ0n) is 12.9. The topological polar surface area (TPSA) is 79.5 Å².